The van der Waals surface area contributed by atoms with Crippen LogP contribution in [0, 0.1) is 5.92 Å². The fourth-order valence-corrected chi connectivity index (χ4v) is 2.00. The Kier molecular flexibility index (Phi) is 3.61. The van der Waals surface area contributed by atoms with Gasteiger partial charge in [-0.2, -0.15) is 0 Å². The minimum Gasteiger partial charge on any atom is -0.480 e. The van der Waals surface area contributed by atoms with Crippen molar-refractivity contribution in [2.75, 3.05) is 19.4 Å². The fraction of sp³-hybridized carbons (Fsp3) is 0.538. The molecule has 0 aliphatic heterocycles. The summed E-state index contributed by atoms with van der Waals surface area (Å²) in [6.07, 6.45) is 1.78. The molecule has 0 aromatic carbocycles. The summed E-state index contributed by atoms with van der Waals surface area (Å²) in [4.78, 5) is 24.5. The molecule has 0 saturated heterocycles. The molecular weight excluding hydrogens is 260 g/mol. The third kappa shape index (κ3) is 2.71. The summed E-state index contributed by atoms with van der Waals surface area (Å²) in [5.41, 5.74) is -0.814. The van der Waals surface area contributed by atoms with E-state index in [1.54, 1.807) is 27.1 Å². The van der Waals surface area contributed by atoms with Crippen molar-refractivity contribution in [3.05, 3.63) is 17.8 Å². The van der Waals surface area contributed by atoms with Crippen LogP contribution in [0.15, 0.2) is 12.1 Å². The van der Waals surface area contributed by atoms with Crippen molar-refractivity contribution < 1.29 is 14.7 Å². The highest BCUT2D eigenvalue weighted by Crippen LogP contribution is 2.41. The number of carbonyl (C=O) groups excluding carboxylic acids is 1. The second kappa shape index (κ2) is 5.07. The number of hydrogen-bond acceptors (Lipinski definition) is 5. The molecule has 0 bridgehead atoms. The molecule has 7 heteroatoms. The van der Waals surface area contributed by atoms with Gasteiger partial charge in [0.1, 0.15) is 11.4 Å². The van der Waals surface area contributed by atoms with Crippen molar-refractivity contribution in [3.63, 3.8) is 0 Å². The van der Waals surface area contributed by atoms with Gasteiger partial charge >= 0.3 is 5.97 Å². The Morgan fingerprint density at radius 2 is 2.00 bits per heavy atom. The van der Waals surface area contributed by atoms with Crippen LogP contribution in [-0.4, -0.2) is 51.7 Å². The van der Waals surface area contributed by atoms with Gasteiger partial charge < -0.3 is 15.3 Å². The molecule has 1 aliphatic carbocycles. The van der Waals surface area contributed by atoms with Gasteiger partial charge in [-0.05, 0) is 37.8 Å². The lowest BCUT2D eigenvalue weighted by Gasteiger charge is -2.26. The van der Waals surface area contributed by atoms with E-state index in [9.17, 15) is 14.7 Å². The summed E-state index contributed by atoms with van der Waals surface area (Å²) >= 11 is 0. The normalized spacial score (nSPS) is 17.1. The van der Waals surface area contributed by atoms with Crippen molar-refractivity contribution in [1.82, 2.24) is 15.1 Å². The van der Waals surface area contributed by atoms with Crippen LogP contribution in [0.2, 0.25) is 0 Å². The zero-order valence-electron chi connectivity index (χ0n) is 11.8. The topological polar surface area (TPSA) is 95.4 Å². The summed E-state index contributed by atoms with van der Waals surface area (Å²) in [5.74, 6) is -0.690. The third-order valence-electron chi connectivity index (χ3n) is 3.52. The molecule has 0 spiro atoms. The van der Waals surface area contributed by atoms with E-state index in [0.717, 1.165) is 12.8 Å². The molecule has 7 nitrogen and oxygen atoms in total. The van der Waals surface area contributed by atoms with E-state index in [-0.39, 0.29) is 17.5 Å². The Labute approximate surface area is 117 Å². The summed E-state index contributed by atoms with van der Waals surface area (Å²) in [7, 11) is 3.26. The first-order valence-corrected chi connectivity index (χ1v) is 6.41. The Hall–Kier alpha value is -2.18. The summed E-state index contributed by atoms with van der Waals surface area (Å²) in [6.45, 7) is 1.65. The van der Waals surface area contributed by atoms with Crippen molar-refractivity contribution in [2.24, 2.45) is 5.92 Å². The number of aliphatic carboxylic acids is 1. The lowest BCUT2D eigenvalue weighted by atomic mass is 9.96. The quantitative estimate of drug-likeness (QED) is 0.828. The van der Waals surface area contributed by atoms with Gasteiger partial charge in [0.2, 0.25) is 0 Å². The van der Waals surface area contributed by atoms with E-state index in [0.29, 0.717) is 5.82 Å². The molecule has 1 fully saturated rings. The Morgan fingerprint density at radius 1 is 1.35 bits per heavy atom. The summed E-state index contributed by atoms with van der Waals surface area (Å²) in [6, 6.07) is 3.11. The fourth-order valence-electron chi connectivity index (χ4n) is 2.00. The standard InChI is InChI=1S/C13H18N4O3/c1-13(12(19)20,8-4-5-8)14-10-7-6-9(15-16-10)11(18)17(2)3/h6-8H,4-5H2,1-3H3,(H,14,16)(H,19,20). The smallest absolute Gasteiger partial charge is 0.329 e. The first-order valence-electron chi connectivity index (χ1n) is 6.41. The van der Waals surface area contributed by atoms with Crippen molar-refractivity contribution in [1.29, 1.82) is 0 Å². The van der Waals surface area contributed by atoms with Crippen LogP contribution in [0.1, 0.15) is 30.3 Å². The van der Waals surface area contributed by atoms with Gasteiger partial charge in [-0.15, -0.1) is 10.2 Å². The molecule has 1 heterocycles. The number of carboxylic acids is 1. The maximum absolute atomic E-state index is 11.7. The number of aromatic nitrogens is 2. The monoisotopic (exact) mass is 278 g/mol. The van der Waals surface area contributed by atoms with E-state index < -0.39 is 11.5 Å². The number of carboxylic acid groups (broad SMARTS) is 1. The molecule has 2 rings (SSSR count). The van der Waals surface area contributed by atoms with Crippen LogP contribution in [0.3, 0.4) is 0 Å². The molecule has 1 saturated carbocycles. The van der Waals surface area contributed by atoms with Gasteiger partial charge in [0.05, 0.1) is 0 Å². The molecule has 1 unspecified atom stereocenters. The Bertz CT molecular complexity index is 525. The molecule has 2 N–H and O–H groups in total. The van der Waals surface area contributed by atoms with E-state index in [2.05, 4.69) is 15.5 Å². The number of rotatable bonds is 5. The second-order valence-corrected chi connectivity index (χ2v) is 5.41. The van der Waals surface area contributed by atoms with Crippen molar-refractivity contribution >= 4 is 17.7 Å². The predicted octanol–water partition coefficient (Wildman–Crippen LogP) is 0.844. The van der Waals surface area contributed by atoms with Crippen LogP contribution in [0.5, 0.6) is 0 Å². The third-order valence-corrected chi connectivity index (χ3v) is 3.52. The van der Waals surface area contributed by atoms with Gasteiger partial charge in [0.15, 0.2) is 5.69 Å². The largest absolute Gasteiger partial charge is 0.480 e. The summed E-state index contributed by atoms with van der Waals surface area (Å²) in [5, 5.41) is 20.0. The lowest BCUT2D eigenvalue weighted by Crippen LogP contribution is -2.45. The van der Waals surface area contributed by atoms with Gasteiger partial charge in [-0.25, -0.2) is 4.79 Å². The molecule has 0 radical (unpaired) electrons. The molecule has 1 atom stereocenters. The number of amides is 1. The van der Waals surface area contributed by atoms with E-state index in [4.69, 9.17) is 0 Å². The van der Waals surface area contributed by atoms with Gasteiger partial charge in [0.25, 0.3) is 5.91 Å². The molecule has 1 aliphatic rings. The summed E-state index contributed by atoms with van der Waals surface area (Å²) < 4.78 is 0. The number of anilines is 1. The van der Waals surface area contributed by atoms with Crippen LogP contribution in [-0.2, 0) is 4.79 Å². The van der Waals surface area contributed by atoms with Crippen molar-refractivity contribution in [3.8, 4) is 0 Å². The second-order valence-electron chi connectivity index (χ2n) is 5.41. The molecule has 1 amide bonds. The molecule has 1 aromatic rings. The number of nitrogens with one attached hydrogen (secondary N) is 1. The van der Waals surface area contributed by atoms with E-state index in [1.807, 2.05) is 0 Å². The zero-order valence-corrected chi connectivity index (χ0v) is 11.8. The molecule has 108 valence electrons. The highest BCUT2D eigenvalue weighted by molar-refractivity contribution is 5.91. The van der Waals surface area contributed by atoms with E-state index >= 15 is 0 Å². The minimum atomic E-state index is -1.04. The minimum absolute atomic E-state index is 0.102. The van der Waals surface area contributed by atoms with Gasteiger partial charge in [0, 0.05) is 14.1 Å². The Morgan fingerprint density at radius 3 is 2.40 bits per heavy atom. The highest BCUT2D eigenvalue weighted by Gasteiger charge is 2.47. The van der Waals surface area contributed by atoms with Crippen LogP contribution < -0.4 is 5.32 Å². The van der Waals surface area contributed by atoms with Crippen LogP contribution >= 0.6 is 0 Å². The van der Waals surface area contributed by atoms with Gasteiger partial charge in [-0.3, -0.25) is 4.79 Å². The molecule has 20 heavy (non-hydrogen) atoms. The SMILES string of the molecule is CN(C)C(=O)c1ccc(NC(C)(C(=O)O)C2CC2)nn1. The van der Waals surface area contributed by atoms with Crippen LogP contribution in [0.25, 0.3) is 0 Å². The molecule has 1 aromatic heterocycles. The van der Waals surface area contributed by atoms with E-state index in [1.165, 1.54) is 11.0 Å². The first-order chi connectivity index (χ1) is 9.34. The zero-order chi connectivity index (χ0) is 14.9. The average molecular weight is 278 g/mol. The molecular formula is C13H18N4O3. The number of hydrogen-bond donors (Lipinski definition) is 2. The van der Waals surface area contributed by atoms with Gasteiger partial charge in [-0.1, -0.05) is 0 Å². The Balaban J connectivity index is 2.14. The lowest BCUT2D eigenvalue weighted by molar-refractivity contribution is -0.142. The predicted molar refractivity (Wildman–Crippen MR) is 72.4 cm³/mol. The maximum Gasteiger partial charge on any atom is 0.329 e. The number of carbonyl (C=O) groups is 2. The number of nitrogens with zero attached hydrogens (tertiary/aromatic N) is 3. The average Bonchev–Trinajstić information content (AvgIpc) is 3.23. The highest BCUT2D eigenvalue weighted by atomic mass is 16.4. The maximum atomic E-state index is 11.7. The van der Waals surface area contributed by atoms with Crippen LogP contribution in [0.4, 0.5) is 5.82 Å². The van der Waals surface area contributed by atoms with Crippen molar-refractivity contribution in [2.45, 2.75) is 25.3 Å². The first kappa shape index (κ1) is 14.2.